The molecule has 0 spiro atoms. The molecule has 2 unspecified atom stereocenters. The Balaban J connectivity index is 2.19. The summed E-state index contributed by atoms with van der Waals surface area (Å²) >= 11 is 0. The fourth-order valence-electron chi connectivity index (χ4n) is 1.49. The summed E-state index contributed by atoms with van der Waals surface area (Å²) in [4.78, 5) is 22.2. The van der Waals surface area contributed by atoms with E-state index >= 15 is 0 Å². The molecule has 0 amide bonds. The Morgan fingerprint density at radius 3 is 2.79 bits per heavy atom. The molecule has 1 heterocycles. The molecule has 0 fully saturated rings. The highest BCUT2D eigenvalue weighted by Crippen LogP contribution is 2.42. The first-order chi connectivity index (χ1) is 8.99. The Hall–Kier alpha value is -0.510. The molecule has 108 valence electrons. The molecule has 19 heavy (non-hydrogen) atoms. The topological polar surface area (TPSA) is 96.7 Å². The minimum atomic E-state index is -3.59. The Morgan fingerprint density at radius 2 is 2.16 bits per heavy atom. The maximum atomic E-state index is 11.6. The third-order valence-electron chi connectivity index (χ3n) is 2.46. The number of nitrogens with zero attached hydrogens (tertiary/aromatic N) is 1. The monoisotopic (exact) mass is 307 g/mol. The van der Waals surface area contributed by atoms with Crippen LogP contribution in [0.2, 0.25) is 0 Å². The maximum Gasteiger partial charge on any atom is 0.328 e. The SMILES string of the molecule is O=[PH](O)CCCCP(=O)(O)OCCc1ccccn1. The van der Waals surface area contributed by atoms with Crippen molar-refractivity contribution in [3.63, 3.8) is 0 Å². The van der Waals surface area contributed by atoms with E-state index in [1.165, 1.54) is 0 Å². The molecule has 1 aromatic heterocycles. The number of unbranched alkanes of at least 4 members (excludes halogenated alkanes) is 1. The van der Waals surface area contributed by atoms with Crippen LogP contribution in [0.4, 0.5) is 0 Å². The van der Waals surface area contributed by atoms with Crippen molar-refractivity contribution in [1.82, 2.24) is 4.98 Å². The number of hydrogen-bond acceptors (Lipinski definition) is 4. The minimum Gasteiger partial charge on any atom is -0.346 e. The minimum absolute atomic E-state index is 0.0182. The number of aromatic nitrogens is 1. The van der Waals surface area contributed by atoms with E-state index in [4.69, 9.17) is 9.42 Å². The summed E-state index contributed by atoms with van der Waals surface area (Å²) in [7, 11) is -6.06. The number of rotatable bonds is 9. The molecule has 0 aliphatic rings. The molecule has 0 aliphatic heterocycles. The zero-order valence-electron chi connectivity index (χ0n) is 10.6. The summed E-state index contributed by atoms with van der Waals surface area (Å²) in [6.07, 6.45) is 3.22. The van der Waals surface area contributed by atoms with Gasteiger partial charge >= 0.3 is 7.60 Å². The van der Waals surface area contributed by atoms with Crippen LogP contribution in [0.1, 0.15) is 18.5 Å². The predicted octanol–water partition coefficient (Wildman–Crippen LogP) is 2.07. The molecule has 0 saturated carbocycles. The average molecular weight is 307 g/mol. The maximum absolute atomic E-state index is 11.6. The zero-order valence-corrected chi connectivity index (χ0v) is 12.5. The third kappa shape index (κ3) is 8.30. The molecular formula is C11H19NO5P2. The first kappa shape index (κ1) is 16.5. The van der Waals surface area contributed by atoms with Crippen molar-refractivity contribution in [3.8, 4) is 0 Å². The standard InChI is InChI=1S/C11H19NO5P2/c13-18(14)9-3-4-10-19(15,16)17-8-6-11-5-1-2-7-12-11/h1-2,5,7,18H,3-4,6,8-10H2,(H,13,14)(H,15,16). The summed E-state index contributed by atoms with van der Waals surface area (Å²) in [6, 6.07) is 5.47. The smallest absolute Gasteiger partial charge is 0.328 e. The molecule has 1 aromatic rings. The molecular weight excluding hydrogens is 288 g/mol. The van der Waals surface area contributed by atoms with Gasteiger partial charge in [-0.05, 0) is 25.0 Å². The van der Waals surface area contributed by atoms with Crippen molar-refractivity contribution >= 4 is 15.6 Å². The lowest BCUT2D eigenvalue weighted by atomic mass is 10.3. The van der Waals surface area contributed by atoms with Crippen molar-refractivity contribution in [2.75, 3.05) is 18.9 Å². The second-order valence-corrected chi connectivity index (χ2v) is 7.38. The summed E-state index contributed by atoms with van der Waals surface area (Å²) in [6.45, 7) is 0.140. The van der Waals surface area contributed by atoms with Crippen LogP contribution in [0.15, 0.2) is 24.4 Å². The van der Waals surface area contributed by atoms with Crippen LogP contribution < -0.4 is 0 Å². The molecule has 0 bridgehead atoms. The average Bonchev–Trinajstić information content (AvgIpc) is 2.36. The predicted molar refractivity (Wildman–Crippen MR) is 73.9 cm³/mol. The highest BCUT2D eigenvalue weighted by Gasteiger charge is 2.18. The molecule has 2 atom stereocenters. The van der Waals surface area contributed by atoms with Crippen molar-refractivity contribution in [1.29, 1.82) is 0 Å². The molecule has 0 saturated heterocycles. The van der Waals surface area contributed by atoms with Gasteiger partial charge in [0, 0.05) is 24.5 Å². The van der Waals surface area contributed by atoms with E-state index in [1.54, 1.807) is 12.3 Å². The molecule has 1 rings (SSSR count). The van der Waals surface area contributed by atoms with E-state index < -0.39 is 15.6 Å². The van der Waals surface area contributed by atoms with Crippen molar-refractivity contribution < 1.29 is 23.4 Å². The summed E-state index contributed by atoms with van der Waals surface area (Å²) in [5.74, 6) is 0. The van der Waals surface area contributed by atoms with Gasteiger partial charge in [-0.2, -0.15) is 0 Å². The second-order valence-electron chi connectivity index (χ2n) is 4.12. The fraction of sp³-hybridized carbons (Fsp3) is 0.545. The van der Waals surface area contributed by atoms with Gasteiger partial charge in [0.05, 0.1) is 12.8 Å². The van der Waals surface area contributed by atoms with Crippen LogP contribution in [0, 0.1) is 0 Å². The van der Waals surface area contributed by atoms with Gasteiger partial charge in [0.1, 0.15) is 0 Å². The van der Waals surface area contributed by atoms with Crippen LogP contribution >= 0.6 is 15.6 Å². The molecule has 0 radical (unpaired) electrons. The number of pyridine rings is 1. The largest absolute Gasteiger partial charge is 0.346 e. The Morgan fingerprint density at radius 1 is 1.37 bits per heavy atom. The van der Waals surface area contributed by atoms with Gasteiger partial charge in [-0.3, -0.25) is 14.1 Å². The van der Waals surface area contributed by atoms with Gasteiger partial charge in [0.15, 0.2) is 8.03 Å². The molecule has 8 heteroatoms. The van der Waals surface area contributed by atoms with Gasteiger partial charge in [-0.15, -0.1) is 0 Å². The Kier molecular flexibility index (Phi) is 7.51. The van der Waals surface area contributed by atoms with Gasteiger partial charge in [0.25, 0.3) is 0 Å². The highest BCUT2D eigenvalue weighted by molar-refractivity contribution is 7.52. The second kappa shape index (κ2) is 8.62. The van der Waals surface area contributed by atoms with Crippen molar-refractivity contribution in [2.45, 2.75) is 19.3 Å². The Bertz CT molecular complexity index is 440. The fourth-order valence-corrected chi connectivity index (χ4v) is 3.17. The first-order valence-corrected chi connectivity index (χ1v) is 9.40. The lowest BCUT2D eigenvalue weighted by Crippen LogP contribution is -2.01. The van der Waals surface area contributed by atoms with E-state index in [9.17, 15) is 14.0 Å². The zero-order chi connectivity index (χ0) is 14.1. The third-order valence-corrected chi connectivity index (χ3v) is 4.71. The quantitative estimate of drug-likeness (QED) is 0.535. The molecule has 2 N–H and O–H groups in total. The molecule has 0 aliphatic carbocycles. The summed E-state index contributed by atoms with van der Waals surface area (Å²) in [5.41, 5.74) is 0.807. The van der Waals surface area contributed by atoms with Crippen molar-refractivity contribution in [2.24, 2.45) is 0 Å². The molecule has 0 aromatic carbocycles. The normalized spacial score (nSPS) is 15.9. The summed E-state index contributed by atoms with van der Waals surface area (Å²) < 4.78 is 27.1. The van der Waals surface area contributed by atoms with E-state index in [0.29, 0.717) is 19.3 Å². The van der Waals surface area contributed by atoms with E-state index in [1.807, 2.05) is 12.1 Å². The van der Waals surface area contributed by atoms with Crippen LogP contribution in [-0.4, -0.2) is 33.7 Å². The first-order valence-electron chi connectivity index (χ1n) is 6.08. The van der Waals surface area contributed by atoms with E-state index in [0.717, 1.165) is 5.69 Å². The van der Waals surface area contributed by atoms with Gasteiger partial charge in [-0.1, -0.05) is 6.07 Å². The van der Waals surface area contributed by atoms with Gasteiger partial charge < -0.3 is 14.3 Å². The highest BCUT2D eigenvalue weighted by atomic mass is 31.2. The van der Waals surface area contributed by atoms with Crippen molar-refractivity contribution in [3.05, 3.63) is 30.1 Å². The number of hydrogen-bond donors (Lipinski definition) is 2. The lowest BCUT2D eigenvalue weighted by molar-refractivity contribution is 0.261. The lowest BCUT2D eigenvalue weighted by Gasteiger charge is -2.11. The van der Waals surface area contributed by atoms with Crippen LogP contribution in [0.25, 0.3) is 0 Å². The van der Waals surface area contributed by atoms with Gasteiger partial charge in [-0.25, -0.2) is 0 Å². The Labute approximate surface area is 113 Å². The van der Waals surface area contributed by atoms with E-state index in [-0.39, 0.29) is 18.9 Å². The summed E-state index contributed by atoms with van der Waals surface area (Å²) in [5, 5.41) is 0. The van der Waals surface area contributed by atoms with Crippen LogP contribution in [0.5, 0.6) is 0 Å². The van der Waals surface area contributed by atoms with Crippen LogP contribution in [0.3, 0.4) is 0 Å². The molecule has 6 nitrogen and oxygen atoms in total. The van der Waals surface area contributed by atoms with E-state index in [2.05, 4.69) is 4.98 Å². The van der Waals surface area contributed by atoms with Gasteiger partial charge in [0.2, 0.25) is 0 Å². The van der Waals surface area contributed by atoms with Crippen LogP contribution in [-0.2, 0) is 20.1 Å².